The molecule has 7 nitrogen and oxygen atoms in total. The van der Waals surface area contributed by atoms with Gasteiger partial charge in [-0.3, -0.25) is 9.79 Å². The summed E-state index contributed by atoms with van der Waals surface area (Å²) in [5, 5.41) is 9.90. The molecular weight excluding hydrogens is 403 g/mol. The predicted molar refractivity (Wildman–Crippen MR) is 111 cm³/mol. The molecule has 0 aliphatic heterocycles. The van der Waals surface area contributed by atoms with Crippen LogP contribution in [0.3, 0.4) is 0 Å². The summed E-state index contributed by atoms with van der Waals surface area (Å²) in [6, 6.07) is 8.49. The van der Waals surface area contributed by atoms with Gasteiger partial charge in [-0.1, -0.05) is 23.2 Å². The fourth-order valence-electron chi connectivity index (χ4n) is 2.27. The zero-order valence-corrected chi connectivity index (χ0v) is 17.1. The molecule has 1 amide bonds. The van der Waals surface area contributed by atoms with Crippen molar-refractivity contribution in [1.82, 2.24) is 16.0 Å². The van der Waals surface area contributed by atoms with Crippen molar-refractivity contribution in [2.24, 2.45) is 4.99 Å². The van der Waals surface area contributed by atoms with Crippen LogP contribution in [0.4, 0.5) is 0 Å². The molecule has 0 spiro atoms. The summed E-state index contributed by atoms with van der Waals surface area (Å²) in [7, 11) is 1.69. The third-order valence-electron chi connectivity index (χ3n) is 3.69. The number of nitrogens with zero attached hydrogens (tertiary/aromatic N) is 1. The first-order chi connectivity index (χ1) is 13.6. The van der Waals surface area contributed by atoms with Crippen LogP contribution in [0.5, 0.6) is 0 Å². The Balaban J connectivity index is 1.55. The Hall–Kier alpha value is -2.22. The molecule has 0 bridgehead atoms. The van der Waals surface area contributed by atoms with Crippen LogP contribution in [0.1, 0.15) is 22.5 Å². The van der Waals surface area contributed by atoms with Crippen LogP contribution < -0.4 is 16.0 Å². The Kier molecular flexibility index (Phi) is 9.68. The summed E-state index contributed by atoms with van der Waals surface area (Å²) in [6.07, 6.45) is 2.46. The van der Waals surface area contributed by atoms with Crippen molar-refractivity contribution < 1.29 is 13.9 Å². The zero-order valence-electron chi connectivity index (χ0n) is 15.6. The van der Waals surface area contributed by atoms with Gasteiger partial charge in [0.25, 0.3) is 5.91 Å². The molecule has 2 rings (SSSR count). The summed E-state index contributed by atoms with van der Waals surface area (Å²) in [4.78, 5) is 16.2. The Bertz CT molecular complexity index is 767. The highest BCUT2D eigenvalue weighted by Crippen LogP contribution is 2.22. The van der Waals surface area contributed by atoms with E-state index in [1.807, 2.05) is 12.1 Å². The van der Waals surface area contributed by atoms with Crippen molar-refractivity contribution in [2.75, 3.05) is 33.3 Å². The summed E-state index contributed by atoms with van der Waals surface area (Å²) in [6.45, 7) is 2.77. The van der Waals surface area contributed by atoms with Crippen LogP contribution in [0.15, 0.2) is 46.0 Å². The van der Waals surface area contributed by atoms with Gasteiger partial charge in [-0.15, -0.1) is 0 Å². The Morgan fingerprint density at radius 3 is 2.61 bits per heavy atom. The molecule has 0 saturated heterocycles. The molecule has 2 aromatic rings. The number of benzene rings is 1. The molecule has 28 heavy (non-hydrogen) atoms. The molecule has 0 aliphatic carbocycles. The second-order valence-corrected chi connectivity index (χ2v) is 6.61. The smallest absolute Gasteiger partial charge is 0.251 e. The molecule has 1 aromatic carbocycles. The van der Waals surface area contributed by atoms with E-state index in [0.29, 0.717) is 54.4 Å². The van der Waals surface area contributed by atoms with Gasteiger partial charge in [0.15, 0.2) is 5.96 Å². The SMILES string of the molecule is CN=C(NCCCOCc1ccco1)NCCNC(=O)c1ccc(Cl)c(Cl)c1. The molecule has 0 atom stereocenters. The summed E-state index contributed by atoms with van der Waals surface area (Å²) < 4.78 is 10.7. The van der Waals surface area contributed by atoms with Crippen LogP contribution in [-0.4, -0.2) is 45.2 Å². The number of amides is 1. The largest absolute Gasteiger partial charge is 0.467 e. The van der Waals surface area contributed by atoms with Crippen molar-refractivity contribution in [1.29, 1.82) is 0 Å². The number of nitrogens with one attached hydrogen (secondary N) is 3. The van der Waals surface area contributed by atoms with E-state index in [2.05, 4.69) is 20.9 Å². The number of furan rings is 1. The highest BCUT2D eigenvalue weighted by atomic mass is 35.5. The average molecular weight is 427 g/mol. The molecule has 3 N–H and O–H groups in total. The number of carbonyl (C=O) groups is 1. The molecule has 0 unspecified atom stereocenters. The van der Waals surface area contributed by atoms with Crippen molar-refractivity contribution >= 4 is 35.1 Å². The van der Waals surface area contributed by atoms with E-state index in [1.54, 1.807) is 31.5 Å². The zero-order chi connectivity index (χ0) is 20.2. The Labute approximate surface area is 174 Å². The van der Waals surface area contributed by atoms with Gasteiger partial charge < -0.3 is 25.1 Å². The lowest BCUT2D eigenvalue weighted by molar-refractivity contribution is 0.0954. The lowest BCUT2D eigenvalue weighted by atomic mass is 10.2. The van der Waals surface area contributed by atoms with Gasteiger partial charge in [0, 0.05) is 38.9 Å². The Morgan fingerprint density at radius 2 is 1.89 bits per heavy atom. The van der Waals surface area contributed by atoms with E-state index in [9.17, 15) is 4.79 Å². The standard InChI is InChI=1S/C19H24Cl2N4O3/c1-22-19(24-7-3-10-27-13-15-4-2-11-28-15)25-9-8-23-18(26)14-5-6-16(20)17(21)12-14/h2,4-6,11-12H,3,7-10,13H2,1H3,(H,23,26)(H2,22,24,25). The molecule has 0 saturated carbocycles. The topological polar surface area (TPSA) is 87.9 Å². The minimum atomic E-state index is -0.211. The molecule has 1 aromatic heterocycles. The normalized spacial score (nSPS) is 11.3. The number of aliphatic imine (C=N–C) groups is 1. The van der Waals surface area contributed by atoms with E-state index < -0.39 is 0 Å². The number of rotatable bonds is 10. The van der Waals surface area contributed by atoms with Gasteiger partial charge in [0.05, 0.1) is 16.3 Å². The maximum Gasteiger partial charge on any atom is 0.251 e. The first kappa shape index (κ1) is 22.1. The number of ether oxygens (including phenoxy) is 1. The second-order valence-electron chi connectivity index (χ2n) is 5.80. The van der Waals surface area contributed by atoms with Crippen LogP contribution >= 0.6 is 23.2 Å². The highest BCUT2D eigenvalue weighted by Gasteiger charge is 2.07. The molecule has 0 fully saturated rings. The predicted octanol–water partition coefficient (Wildman–Crippen LogP) is 3.09. The maximum absolute atomic E-state index is 12.1. The number of carbonyl (C=O) groups excluding carboxylic acids is 1. The highest BCUT2D eigenvalue weighted by molar-refractivity contribution is 6.42. The molecule has 0 radical (unpaired) electrons. The third kappa shape index (κ3) is 7.80. The van der Waals surface area contributed by atoms with Crippen molar-refractivity contribution in [3.8, 4) is 0 Å². The van der Waals surface area contributed by atoms with E-state index in [1.165, 1.54) is 0 Å². The molecule has 1 heterocycles. The van der Waals surface area contributed by atoms with Crippen molar-refractivity contribution in [3.05, 3.63) is 58.0 Å². The number of guanidine groups is 1. The fraction of sp³-hybridized carbons (Fsp3) is 0.368. The molecule has 0 aliphatic rings. The quantitative estimate of drug-likeness (QED) is 0.308. The van der Waals surface area contributed by atoms with Crippen molar-refractivity contribution in [2.45, 2.75) is 13.0 Å². The summed E-state index contributed by atoms with van der Waals surface area (Å²) in [5.74, 6) is 1.26. The van der Waals surface area contributed by atoms with E-state index >= 15 is 0 Å². The first-order valence-electron chi connectivity index (χ1n) is 8.88. The van der Waals surface area contributed by atoms with Crippen LogP contribution in [0, 0.1) is 0 Å². The number of halogens is 2. The summed E-state index contributed by atoms with van der Waals surface area (Å²) in [5.41, 5.74) is 0.464. The van der Waals surface area contributed by atoms with Gasteiger partial charge in [-0.2, -0.15) is 0 Å². The monoisotopic (exact) mass is 426 g/mol. The van der Waals surface area contributed by atoms with Crippen LogP contribution in [0.25, 0.3) is 0 Å². The van der Waals surface area contributed by atoms with E-state index in [4.69, 9.17) is 32.4 Å². The lowest BCUT2D eigenvalue weighted by Gasteiger charge is -2.12. The Morgan fingerprint density at radius 1 is 1.11 bits per heavy atom. The minimum Gasteiger partial charge on any atom is -0.467 e. The lowest BCUT2D eigenvalue weighted by Crippen LogP contribution is -2.42. The first-order valence-corrected chi connectivity index (χ1v) is 9.63. The van der Waals surface area contributed by atoms with Gasteiger partial charge in [0.2, 0.25) is 0 Å². The number of hydrogen-bond acceptors (Lipinski definition) is 4. The van der Waals surface area contributed by atoms with Gasteiger partial charge >= 0.3 is 0 Å². The van der Waals surface area contributed by atoms with E-state index in [0.717, 1.165) is 12.2 Å². The minimum absolute atomic E-state index is 0.211. The fourth-order valence-corrected chi connectivity index (χ4v) is 2.56. The molecule has 152 valence electrons. The van der Waals surface area contributed by atoms with Crippen molar-refractivity contribution in [3.63, 3.8) is 0 Å². The van der Waals surface area contributed by atoms with Gasteiger partial charge in [-0.05, 0) is 36.8 Å². The molecular formula is C19H24Cl2N4O3. The average Bonchev–Trinajstić information content (AvgIpc) is 3.21. The molecule has 9 heteroatoms. The summed E-state index contributed by atoms with van der Waals surface area (Å²) >= 11 is 11.8. The van der Waals surface area contributed by atoms with Gasteiger partial charge in [-0.25, -0.2) is 0 Å². The van der Waals surface area contributed by atoms with Gasteiger partial charge in [0.1, 0.15) is 12.4 Å². The van der Waals surface area contributed by atoms with Crippen LogP contribution in [-0.2, 0) is 11.3 Å². The maximum atomic E-state index is 12.1. The number of hydrogen-bond donors (Lipinski definition) is 3. The second kappa shape index (κ2) is 12.3. The third-order valence-corrected chi connectivity index (χ3v) is 4.43. The van der Waals surface area contributed by atoms with E-state index in [-0.39, 0.29) is 5.91 Å². The van der Waals surface area contributed by atoms with Crippen LogP contribution in [0.2, 0.25) is 10.0 Å².